The highest BCUT2D eigenvalue weighted by Crippen LogP contribution is 2.28. The van der Waals surface area contributed by atoms with E-state index in [1.807, 2.05) is 0 Å². The summed E-state index contributed by atoms with van der Waals surface area (Å²) in [4.78, 5) is 2.61. The predicted molar refractivity (Wildman–Crippen MR) is 94.6 cm³/mol. The molecule has 0 saturated carbocycles. The fraction of sp³-hybridized carbons (Fsp3) is 0.400. The summed E-state index contributed by atoms with van der Waals surface area (Å²) in [5.74, 6) is 0. The van der Waals surface area contributed by atoms with Crippen LogP contribution in [0.1, 0.15) is 24.5 Å². The molecule has 116 valence electrons. The van der Waals surface area contributed by atoms with Crippen LogP contribution in [0.3, 0.4) is 0 Å². The van der Waals surface area contributed by atoms with Crippen LogP contribution >= 0.6 is 0 Å². The number of rotatable bonds is 7. The first kappa shape index (κ1) is 15.1. The van der Waals surface area contributed by atoms with Gasteiger partial charge in [-0.25, -0.2) is 0 Å². The fourth-order valence-electron chi connectivity index (χ4n) is 3.45. The first-order chi connectivity index (χ1) is 10.9. The largest absolute Gasteiger partial charge is 0.368 e. The van der Waals surface area contributed by atoms with Crippen molar-refractivity contribution in [3.8, 4) is 0 Å². The third kappa shape index (κ3) is 3.50. The quantitative estimate of drug-likeness (QED) is 0.784. The third-order valence-electron chi connectivity index (χ3n) is 4.56. The molecule has 0 spiro atoms. The fourth-order valence-corrected chi connectivity index (χ4v) is 3.45. The Balaban J connectivity index is 1.72. The standard InChI is InChI=1S/C20H26N2/c1-2-21-13-8-14-22(19-11-4-3-5-12-19)20-15-17-9-6-7-10-18(17)16-20/h3-7,9-12,20-21H,2,8,13-16H2,1H3. The molecule has 1 aliphatic rings. The molecule has 0 fully saturated rings. The molecule has 0 bridgehead atoms. The molecule has 0 aromatic heterocycles. The molecule has 0 aliphatic heterocycles. The maximum Gasteiger partial charge on any atom is 0.0370 e. The van der Waals surface area contributed by atoms with Gasteiger partial charge in [0.15, 0.2) is 0 Å². The summed E-state index contributed by atoms with van der Waals surface area (Å²) in [5.41, 5.74) is 4.41. The summed E-state index contributed by atoms with van der Waals surface area (Å²) >= 11 is 0. The van der Waals surface area contributed by atoms with E-state index in [2.05, 4.69) is 71.7 Å². The molecule has 1 N–H and O–H groups in total. The normalized spacial score (nSPS) is 14.0. The van der Waals surface area contributed by atoms with Crippen LogP contribution in [0.2, 0.25) is 0 Å². The predicted octanol–water partition coefficient (Wildman–Crippen LogP) is 3.66. The van der Waals surface area contributed by atoms with E-state index in [1.54, 1.807) is 0 Å². The lowest BCUT2D eigenvalue weighted by Crippen LogP contribution is -2.37. The van der Waals surface area contributed by atoms with Gasteiger partial charge in [-0.3, -0.25) is 0 Å². The summed E-state index contributed by atoms with van der Waals surface area (Å²) in [7, 11) is 0. The molecular weight excluding hydrogens is 268 g/mol. The van der Waals surface area contributed by atoms with Gasteiger partial charge in [-0.2, -0.15) is 0 Å². The highest BCUT2D eigenvalue weighted by molar-refractivity contribution is 5.49. The Morgan fingerprint density at radius 2 is 1.59 bits per heavy atom. The summed E-state index contributed by atoms with van der Waals surface area (Å²) in [5, 5.41) is 3.44. The van der Waals surface area contributed by atoms with Gasteiger partial charge in [-0.1, -0.05) is 49.4 Å². The van der Waals surface area contributed by atoms with E-state index in [-0.39, 0.29) is 0 Å². The lowest BCUT2D eigenvalue weighted by atomic mass is 10.1. The Morgan fingerprint density at radius 3 is 2.23 bits per heavy atom. The van der Waals surface area contributed by atoms with Crippen molar-refractivity contribution in [3.63, 3.8) is 0 Å². The van der Waals surface area contributed by atoms with E-state index in [1.165, 1.54) is 36.1 Å². The second kappa shape index (κ2) is 7.46. The summed E-state index contributed by atoms with van der Waals surface area (Å²) < 4.78 is 0. The molecule has 0 radical (unpaired) electrons. The molecule has 2 aromatic carbocycles. The second-order valence-corrected chi connectivity index (χ2v) is 6.07. The van der Waals surface area contributed by atoms with Crippen molar-refractivity contribution in [2.75, 3.05) is 24.5 Å². The van der Waals surface area contributed by atoms with Gasteiger partial charge in [-0.15, -0.1) is 0 Å². The molecule has 3 rings (SSSR count). The molecule has 2 aromatic rings. The average molecular weight is 294 g/mol. The lowest BCUT2D eigenvalue weighted by molar-refractivity contribution is 0.581. The van der Waals surface area contributed by atoms with Crippen LogP contribution in [0.25, 0.3) is 0 Å². The van der Waals surface area contributed by atoms with Gasteiger partial charge in [0.1, 0.15) is 0 Å². The van der Waals surface area contributed by atoms with Gasteiger partial charge >= 0.3 is 0 Å². The first-order valence-electron chi connectivity index (χ1n) is 8.47. The minimum atomic E-state index is 0.599. The van der Waals surface area contributed by atoms with Crippen molar-refractivity contribution in [1.82, 2.24) is 5.32 Å². The maximum atomic E-state index is 3.44. The van der Waals surface area contributed by atoms with Crippen molar-refractivity contribution in [2.24, 2.45) is 0 Å². The zero-order chi connectivity index (χ0) is 15.2. The summed E-state index contributed by atoms with van der Waals surface area (Å²) in [6, 6.07) is 20.4. The topological polar surface area (TPSA) is 15.3 Å². The molecule has 0 amide bonds. The Labute approximate surface area is 134 Å². The molecule has 2 nitrogen and oxygen atoms in total. The molecule has 0 heterocycles. The molecule has 0 saturated heterocycles. The molecule has 22 heavy (non-hydrogen) atoms. The molecule has 0 atom stereocenters. The highest BCUT2D eigenvalue weighted by atomic mass is 15.2. The van der Waals surface area contributed by atoms with Crippen LogP contribution in [-0.4, -0.2) is 25.7 Å². The van der Waals surface area contributed by atoms with Gasteiger partial charge in [0.05, 0.1) is 0 Å². The molecule has 0 unspecified atom stereocenters. The lowest BCUT2D eigenvalue weighted by Gasteiger charge is -2.31. The summed E-state index contributed by atoms with van der Waals surface area (Å²) in [6.45, 7) is 5.44. The zero-order valence-electron chi connectivity index (χ0n) is 13.5. The van der Waals surface area contributed by atoms with Gasteiger partial charge in [0.2, 0.25) is 0 Å². The number of nitrogens with one attached hydrogen (secondary N) is 1. The number of hydrogen-bond donors (Lipinski definition) is 1. The van der Waals surface area contributed by atoms with E-state index in [9.17, 15) is 0 Å². The van der Waals surface area contributed by atoms with E-state index in [0.29, 0.717) is 6.04 Å². The van der Waals surface area contributed by atoms with Gasteiger partial charge < -0.3 is 10.2 Å². The maximum absolute atomic E-state index is 3.44. The van der Waals surface area contributed by atoms with E-state index >= 15 is 0 Å². The second-order valence-electron chi connectivity index (χ2n) is 6.07. The Hall–Kier alpha value is -1.80. The van der Waals surface area contributed by atoms with Crippen LogP contribution in [-0.2, 0) is 12.8 Å². The van der Waals surface area contributed by atoms with Crippen molar-refractivity contribution >= 4 is 5.69 Å². The van der Waals surface area contributed by atoms with Crippen LogP contribution < -0.4 is 10.2 Å². The average Bonchev–Trinajstić information content (AvgIpc) is 2.99. The summed E-state index contributed by atoms with van der Waals surface area (Å²) in [6.07, 6.45) is 3.54. The Bertz CT molecular complexity index is 554. The number of nitrogens with zero attached hydrogens (tertiary/aromatic N) is 1. The highest BCUT2D eigenvalue weighted by Gasteiger charge is 2.26. The number of fused-ring (bicyclic) bond motifs is 1. The zero-order valence-corrected chi connectivity index (χ0v) is 13.5. The van der Waals surface area contributed by atoms with Gasteiger partial charge in [0.25, 0.3) is 0 Å². The minimum Gasteiger partial charge on any atom is -0.368 e. The van der Waals surface area contributed by atoms with Crippen molar-refractivity contribution in [3.05, 3.63) is 65.7 Å². The number of benzene rings is 2. The minimum absolute atomic E-state index is 0.599. The molecule has 2 heteroatoms. The van der Waals surface area contributed by atoms with E-state index in [0.717, 1.165) is 19.6 Å². The number of hydrogen-bond acceptors (Lipinski definition) is 2. The van der Waals surface area contributed by atoms with Crippen LogP contribution in [0.4, 0.5) is 5.69 Å². The molecule has 1 aliphatic carbocycles. The first-order valence-corrected chi connectivity index (χ1v) is 8.47. The van der Waals surface area contributed by atoms with E-state index in [4.69, 9.17) is 0 Å². The van der Waals surface area contributed by atoms with Crippen LogP contribution in [0.15, 0.2) is 54.6 Å². The van der Waals surface area contributed by atoms with Gasteiger partial charge in [0, 0.05) is 18.3 Å². The van der Waals surface area contributed by atoms with Crippen molar-refractivity contribution < 1.29 is 0 Å². The van der Waals surface area contributed by atoms with Crippen LogP contribution in [0.5, 0.6) is 0 Å². The van der Waals surface area contributed by atoms with Crippen molar-refractivity contribution in [2.45, 2.75) is 32.2 Å². The SMILES string of the molecule is CCNCCCN(c1ccccc1)C1Cc2ccccc2C1. The van der Waals surface area contributed by atoms with E-state index < -0.39 is 0 Å². The van der Waals surface area contributed by atoms with Crippen molar-refractivity contribution in [1.29, 1.82) is 0 Å². The number of anilines is 1. The Morgan fingerprint density at radius 1 is 0.955 bits per heavy atom. The number of para-hydroxylation sites is 1. The van der Waals surface area contributed by atoms with Gasteiger partial charge in [-0.05, 0) is 55.6 Å². The van der Waals surface area contributed by atoms with Crippen LogP contribution in [0, 0.1) is 0 Å². The molecular formula is C20H26N2. The third-order valence-corrected chi connectivity index (χ3v) is 4.56. The Kier molecular flexibility index (Phi) is 5.12. The monoisotopic (exact) mass is 294 g/mol. The smallest absolute Gasteiger partial charge is 0.0370 e.